The fourth-order valence-electron chi connectivity index (χ4n) is 2.77. The molecule has 1 aliphatic rings. The normalized spacial score (nSPS) is 15.4. The molecule has 0 radical (unpaired) electrons. The second-order valence-electron chi connectivity index (χ2n) is 5.98. The predicted molar refractivity (Wildman–Crippen MR) is 91.2 cm³/mol. The first-order chi connectivity index (χ1) is 10.8. The Labute approximate surface area is 132 Å². The lowest BCUT2D eigenvalue weighted by Crippen LogP contribution is -2.26. The molecular weight excluding hydrogens is 272 g/mol. The van der Waals surface area contributed by atoms with Crippen molar-refractivity contribution in [2.45, 2.75) is 39.2 Å². The lowest BCUT2D eigenvalue weighted by atomic mass is 10.1. The maximum absolute atomic E-state index is 4.67. The monoisotopic (exact) mass is 296 g/mol. The standard InChI is InChI=1S/C18H24N4/c1-15-6-8-16(9-7-15)14-20-17-10-11-19-18(21-17)22-12-4-2-3-5-13-22/h6-11H,2-5,12-14H2,1H3,(H,19,20,21). The molecule has 0 amide bonds. The molecule has 1 fully saturated rings. The van der Waals surface area contributed by atoms with Gasteiger partial charge in [-0.3, -0.25) is 0 Å². The van der Waals surface area contributed by atoms with Gasteiger partial charge >= 0.3 is 0 Å². The van der Waals surface area contributed by atoms with Gasteiger partial charge in [0.2, 0.25) is 5.95 Å². The van der Waals surface area contributed by atoms with Crippen LogP contribution < -0.4 is 10.2 Å². The highest BCUT2D eigenvalue weighted by atomic mass is 15.3. The molecule has 3 rings (SSSR count). The van der Waals surface area contributed by atoms with Gasteiger partial charge in [-0.15, -0.1) is 0 Å². The summed E-state index contributed by atoms with van der Waals surface area (Å²) in [5.74, 6) is 1.76. The van der Waals surface area contributed by atoms with E-state index in [1.165, 1.54) is 36.8 Å². The van der Waals surface area contributed by atoms with Crippen molar-refractivity contribution < 1.29 is 0 Å². The molecule has 0 unspecified atom stereocenters. The lowest BCUT2D eigenvalue weighted by molar-refractivity contribution is 0.726. The Bertz CT molecular complexity index is 586. The minimum absolute atomic E-state index is 0.788. The van der Waals surface area contributed by atoms with Crippen LogP contribution in [0.1, 0.15) is 36.8 Å². The second kappa shape index (κ2) is 7.25. The van der Waals surface area contributed by atoms with Gasteiger partial charge < -0.3 is 10.2 Å². The van der Waals surface area contributed by atoms with E-state index >= 15 is 0 Å². The van der Waals surface area contributed by atoms with E-state index in [0.29, 0.717) is 0 Å². The Hall–Kier alpha value is -2.10. The number of nitrogens with zero attached hydrogens (tertiary/aromatic N) is 3. The Kier molecular flexibility index (Phi) is 4.88. The summed E-state index contributed by atoms with van der Waals surface area (Å²) >= 11 is 0. The molecule has 22 heavy (non-hydrogen) atoms. The van der Waals surface area contributed by atoms with Gasteiger partial charge in [0, 0.05) is 25.8 Å². The fraction of sp³-hybridized carbons (Fsp3) is 0.444. The third-order valence-electron chi connectivity index (χ3n) is 4.13. The Balaban J connectivity index is 1.64. The van der Waals surface area contributed by atoms with E-state index in [0.717, 1.165) is 31.4 Å². The minimum Gasteiger partial charge on any atom is -0.366 e. The van der Waals surface area contributed by atoms with Gasteiger partial charge in [0.1, 0.15) is 5.82 Å². The topological polar surface area (TPSA) is 41.1 Å². The van der Waals surface area contributed by atoms with E-state index in [2.05, 4.69) is 51.4 Å². The molecule has 1 aliphatic heterocycles. The highest BCUT2D eigenvalue weighted by Gasteiger charge is 2.12. The van der Waals surface area contributed by atoms with Gasteiger partial charge in [-0.2, -0.15) is 4.98 Å². The van der Waals surface area contributed by atoms with E-state index in [1.54, 1.807) is 0 Å². The van der Waals surface area contributed by atoms with Crippen LogP contribution in [-0.4, -0.2) is 23.1 Å². The van der Waals surface area contributed by atoms with Crippen molar-refractivity contribution in [3.05, 3.63) is 47.7 Å². The van der Waals surface area contributed by atoms with Crippen LogP contribution in [0.25, 0.3) is 0 Å². The van der Waals surface area contributed by atoms with Crippen LogP contribution in [0.15, 0.2) is 36.5 Å². The fourth-order valence-corrected chi connectivity index (χ4v) is 2.77. The number of benzene rings is 1. The Morgan fingerprint density at radius 2 is 1.73 bits per heavy atom. The molecule has 116 valence electrons. The number of rotatable bonds is 4. The first-order valence-corrected chi connectivity index (χ1v) is 8.19. The summed E-state index contributed by atoms with van der Waals surface area (Å²) < 4.78 is 0. The highest BCUT2D eigenvalue weighted by Crippen LogP contribution is 2.17. The summed E-state index contributed by atoms with van der Waals surface area (Å²) in [7, 11) is 0. The number of hydrogen-bond donors (Lipinski definition) is 1. The van der Waals surface area contributed by atoms with Gasteiger partial charge in [-0.05, 0) is 31.4 Å². The zero-order chi connectivity index (χ0) is 15.2. The van der Waals surface area contributed by atoms with Crippen molar-refractivity contribution in [2.75, 3.05) is 23.3 Å². The summed E-state index contributed by atoms with van der Waals surface area (Å²) in [4.78, 5) is 11.4. The van der Waals surface area contributed by atoms with Crippen molar-refractivity contribution >= 4 is 11.8 Å². The number of aryl methyl sites for hydroxylation is 1. The van der Waals surface area contributed by atoms with Crippen molar-refractivity contribution in [1.29, 1.82) is 0 Å². The maximum atomic E-state index is 4.67. The molecule has 0 aliphatic carbocycles. The molecule has 1 aromatic carbocycles. The first kappa shape index (κ1) is 14.8. The largest absolute Gasteiger partial charge is 0.366 e. The molecule has 0 saturated carbocycles. The van der Waals surface area contributed by atoms with Crippen LogP contribution in [0.4, 0.5) is 11.8 Å². The molecular formula is C18H24N4. The highest BCUT2D eigenvalue weighted by molar-refractivity contribution is 5.42. The third-order valence-corrected chi connectivity index (χ3v) is 4.13. The van der Waals surface area contributed by atoms with Gasteiger partial charge in [0.05, 0.1) is 0 Å². The third kappa shape index (κ3) is 3.97. The SMILES string of the molecule is Cc1ccc(CNc2ccnc(N3CCCCCC3)n2)cc1. The zero-order valence-electron chi connectivity index (χ0n) is 13.3. The first-order valence-electron chi connectivity index (χ1n) is 8.19. The molecule has 2 aromatic rings. The number of anilines is 2. The van der Waals surface area contributed by atoms with Crippen LogP contribution in [0.5, 0.6) is 0 Å². The second-order valence-corrected chi connectivity index (χ2v) is 5.98. The van der Waals surface area contributed by atoms with Gasteiger partial charge in [-0.25, -0.2) is 4.98 Å². The summed E-state index contributed by atoms with van der Waals surface area (Å²) in [6.45, 7) is 5.04. The van der Waals surface area contributed by atoms with Gasteiger partial charge in [0.15, 0.2) is 0 Å². The molecule has 0 spiro atoms. The van der Waals surface area contributed by atoms with E-state index in [9.17, 15) is 0 Å². The Morgan fingerprint density at radius 3 is 2.45 bits per heavy atom. The van der Waals surface area contributed by atoms with E-state index in [1.807, 2.05) is 12.3 Å². The van der Waals surface area contributed by atoms with Crippen LogP contribution in [-0.2, 0) is 6.54 Å². The van der Waals surface area contributed by atoms with Crippen molar-refractivity contribution in [2.24, 2.45) is 0 Å². The van der Waals surface area contributed by atoms with E-state index < -0.39 is 0 Å². The summed E-state index contributed by atoms with van der Waals surface area (Å²) in [5, 5.41) is 3.40. The maximum Gasteiger partial charge on any atom is 0.227 e. The molecule has 1 N–H and O–H groups in total. The molecule has 2 heterocycles. The van der Waals surface area contributed by atoms with Crippen LogP contribution in [0.2, 0.25) is 0 Å². The van der Waals surface area contributed by atoms with Crippen LogP contribution in [0, 0.1) is 6.92 Å². The smallest absolute Gasteiger partial charge is 0.227 e. The predicted octanol–water partition coefficient (Wildman–Crippen LogP) is 3.78. The molecule has 0 bridgehead atoms. The molecule has 0 atom stereocenters. The van der Waals surface area contributed by atoms with Crippen molar-refractivity contribution in [3.63, 3.8) is 0 Å². The van der Waals surface area contributed by atoms with E-state index in [4.69, 9.17) is 0 Å². The number of aromatic nitrogens is 2. The lowest BCUT2D eigenvalue weighted by Gasteiger charge is -2.20. The summed E-state index contributed by atoms with van der Waals surface area (Å²) in [6, 6.07) is 10.5. The van der Waals surface area contributed by atoms with Crippen LogP contribution in [0.3, 0.4) is 0 Å². The van der Waals surface area contributed by atoms with Crippen molar-refractivity contribution in [1.82, 2.24) is 9.97 Å². The number of hydrogen-bond acceptors (Lipinski definition) is 4. The zero-order valence-corrected chi connectivity index (χ0v) is 13.3. The van der Waals surface area contributed by atoms with E-state index in [-0.39, 0.29) is 0 Å². The average molecular weight is 296 g/mol. The summed E-state index contributed by atoms with van der Waals surface area (Å²) in [5.41, 5.74) is 2.55. The molecule has 4 heteroatoms. The minimum atomic E-state index is 0.788. The number of nitrogens with one attached hydrogen (secondary N) is 1. The van der Waals surface area contributed by atoms with Gasteiger partial charge in [-0.1, -0.05) is 42.7 Å². The Morgan fingerprint density at radius 1 is 1.00 bits per heavy atom. The molecule has 1 saturated heterocycles. The summed E-state index contributed by atoms with van der Waals surface area (Å²) in [6.07, 6.45) is 6.98. The van der Waals surface area contributed by atoms with Crippen molar-refractivity contribution in [3.8, 4) is 0 Å². The molecule has 1 aromatic heterocycles. The van der Waals surface area contributed by atoms with Gasteiger partial charge in [0.25, 0.3) is 0 Å². The quantitative estimate of drug-likeness (QED) is 0.932. The average Bonchev–Trinajstić information content (AvgIpc) is 2.84. The molecule has 4 nitrogen and oxygen atoms in total. The van der Waals surface area contributed by atoms with Crippen LogP contribution >= 0.6 is 0 Å².